The quantitative estimate of drug-likeness (QED) is 0.915. The minimum Gasteiger partial charge on any atom is -0.478 e. The number of carboxylic acid groups (broad SMARTS) is 1. The molecule has 0 radical (unpaired) electrons. The van der Waals surface area contributed by atoms with Crippen LogP contribution < -0.4 is 0 Å². The van der Waals surface area contributed by atoms with Crippen molar-refractivity contribution >= 4 is 5.97 Å². The molecule has 1 aliphatic rings. The van der Waals surface area contributed by atoms with Crippen molar-refractivity contribution in [1.29, 1.82) is 0 Å². The number of aromatic carboxylic acids is 1. The van der Waals surface area contributed by atoms with E-state index in [0.717, 1.165) is 19.0 Å². The van der Waals surface area contributed by atoms with Crippen molar-refractivity contribution in [3.05, 3.63) is 59.0 Å². The van der Waals surface area contributed by atoms with Crippen molar-refractivity contribution in [2.45, 2.75) is 25.1 Å². The van der Waals surface area contributed by atoms with Gasteiger partial charge in [0.05, 0.1) is 17.7 Å². The molecule has 2 aromatic rings. The largest absolute Gasteiger partial charge is 0.478 e. The molecule has 1 aromatic carbocycles. The maximum atomic E-state index is 12.8. The summed E-state index contributed by atoms with van der Waals surface area (Å²) in [4.78, 5) is 12.9. The Morgan fingerprint density at radius 2 is 2.12 bits per heavy atom. The summed E-state index contributed by atoms with van der Waals surface area (Å²) in [5.41, 5.74) is 0.146. The number of benzene rings is 1. The molecule has 1 aromatic heterocycles. The van der Waals surface area contributed by atoms with Gasteiger partial charge in [0.25, 0.3) is 0 Å². The minimum atomic E-state index is -4.34. The van der Waals surface area contributed by atoms with Crippen molar-refractivity contribution in [2.75, 3.05) is 13.1 Å². The predicted octanol–water partition coefficient (Wildman–Crippen LogP) is 3.99. The first-order chi connectivity index (χ1) is 11.3. The van der Waals surface area contributed by atoms with E-state index in [2.05, 4.69) is 4.90 Å². The van der Waals surface area contributed by atoms with Crippen molar-refractivity contribution in [3.63, 3.8) is 0 Å². The molecule has 7 heteroatoms. The number of nitrogens with zero attached hydrogens (tertiary/aromatic N) is 1. The molecular weight excluding hydrogens is 323 g/mol. The third-order valence-corrected chi connectivity index (χ3v) is 4.24. The Labute approximate surface area is 136 Å². The Morgan fingerprint density at radius 1 is 1.33 bits per heavy atom. The van der Waals surface area contributed by atoms with Crippen molar-refractivity contribution in [2.24, 2.45) is 0 Å². The third kappa shape index (κ3) is 3.62. The van der Waals surface area contributed by atoms with Gasteiger partial charge in [-0.1, -0.05) is 18.2 Å². The van der Waals surface area contributed by atoms with Crippen molar-refractivity contribution in [3.8, 4) is 0 Å². The van der Waals surface area contributed by atoms with Crippen LogP contribution in [0.4, 0.5) is 13.2 Å². The molecule has 2 heterocycles. The van der Waals surface area contributed by atoms with Crippen LogP contribution in [-0.2, 0) is 12.7 Å². The molecule has 1 saturated heterocycles. The maximum Gasteiger partial charge on any atom is 0.416 e. The minimum absolute atomic E-state index is 0.0289. The first-order valence-corrected chi connectivity index (χ1v) is 7.53. The van der Waals surface area contributed by atoms with Gasteiger partial charge in [-0.05, 0) is 36.6 Å². The normalized spacial score (nSPS) is 18.9. The summed E-state index contributed by atoms with van der Waals surface area (Å²) in [5, 5.41) is 8.88. The number of halogens is 3. The van der Waals surface area contributed by atoms with Crippen LogP contribution in [0.25, 0.3) is 0 Å². The standard InChI is InChI=1S/C17H16F3NO3/c18-17(19,20)14-3-1-2-11(6-14)12-4-5-21(8-12)9-15-7-13(10-24-15)16(22)23/h1-3,6-7,10,12H,4-5,8-9H2,(H,22,23). The van der Waals surface area contributed by atoms with Gasteiger partial charge in [-0.25, -0.2) is 4.79 Å². The van der Waals surface area contributed by atoms with Crippen LogP contribution in [0.15, 0.2) is 41.0 Å². The molecule has 1 N–H and O–H groups in total. The van der Waals surface area contributed by atoms with Gasteiger partial charge in [0.2, 0.25) is 0 Å². The van der Waals surface area contributed by atoms with E-state index in [9.17, 15) is 18.0 Å². The second kappa shape index (κ2) is 6.32. The lowest BCUT2D eigenvalue weighted by Gasteiger charge is -2.16. The monoisotopic (exact) mass is 339 g/mol. The second-order valence-electron chi connectivity index (χ2n) is 5.95. The number of carbonyl (C=O) groups is 1. The Balaban J connectivity index is 1.66. The highest BCUT2D eigenvalue weighted by molar-refractivity contribution is 5.87. The van der Waals surface area contributed by atoms with E-state index in [0.29, 0.717) is 24.4 Å². The number of rotatable bonds is 4. The van der Waals surface area contributed by atoms with E-state index < -0.39 is 17.7 Å². The summed E-state index contributed by atoms with van der Waals surface area (Å²) in [5.74, 6) is -0.480. The van der Waals surface area contributed by atoms with Gasteiger partial charge < -0.3 is 9.52 Å². The summed E-state index contributed by atoms with van der Waals surface area (Å²) in [6, 6.07) is 6.92. The van der Waals surface area contributed by atoms with Gasteiger partial charge in [-0.3, -0.25) is 4.90 Å². The molecule has 0 amide bonds. The van der Waals surface area contributed by atoms with Gasteiger partial charge in [-0.2, -0.15) is 13.2 Å². The summed E-state index contributed by atoms with van der Waals surface area (Å²) in [6.45, 7) is 1.79. The molecule has 4 nitrogen and oxygen atoms in total. The number of carboxylic acids is 1. The smallest absolute Gasteiger partial charge is 0.416 e. The maximum absolute atomic E-state index is 12.8. The van der Waals surface area contributed by atoms with Crippen LogP contribution in [0.1, 0.15) is 39.6 Å². The van der Waals surface area contributed by atoms with Crippen LogP contribution >= 0.6 is 0 Å². The van der Waals surface area contributed by atoms with Crippen LogP contribution in [0.3, 0.4) is 0 Å². The Morgan fingerprint density at radius 3 is 2.79 bits per heavy atom. The zero-order valence-corrected chi connectivity index (χ0v) is 12.7. The Hall–Kier alpha value is -2.28. The number of hydrogen-bond acceptors (Lipinski definition) is 3. The number of likely N-dealkylation sites (tertiary alicyclic amines) is 1. The van der Waals surface area contributed by atoms with E-state index in [1.54, 1.807) is 6.07 Å². The molecule has 1 atom stereocenters. The molecule has 128 valence electrons. The van der Waals surface area contributed by atoms with Crippen molar-refractivity contribution in [1.82, 2.24) is 4.90 Å². The fourth-order valence-electron chi connectivity index (χ4n) is 3.01. The SMILES string of the molecule is O=C(O)c1coc(CN2CCC(c3cccc(C(F)(F)F)c3)C2)c1. The van der Waals surface area contributed by atoms with E-state index in [1.807, 2.05) is 0 Å². The second-order valence-corrected chi connectivity index (χ2v) is 5.95. The van der Waals surface area contributed by atoms with E-state index in [-0.39, 0.29) is 11.5 Å². The zero-order chi connectivity index (χ0) is 17.3. The summed E-state index contributed by atoms with van der Waals surface area (Å²) in [7, 11) is 0. The van der Waals surface area contributed by atoms with Gasteiger partial charge >= 0.3 is 12.1 Å². The number of hydrogen-bond donors (Lipinski definition) is 1. The van der Waals surface area contributed by atoms with Crippen molar-refractivity contribution < 1.29 is 27.5 Å². The lowest BCUT2D eigenvalue weighted by molar-refractivity contribution is -0.137. The molecule has 1 fully saturated rings. The molecule has 0 spiro atoms. The molecule has 1 aliphatic heterocycles. The summed E-state index contributed by atoms with van der Waals surface area (Å²) >= 11 is 0. The topological polar surface area (TPSA) is 53.7 Å². The summed E-state index contributed by atoms with van der Waals surface area (Å²) in [6.07, 6.45) is -2.39. The fraction of sp³-hybridized carbons (Fsp3) is 0.353. The highest BCUT2D eigenvalue weighted by atomic mass is 19.4. The molecular formula is C17H16F3NO3. The summed E-state index contributed by atoms with van der Waals surface area (Å²) < 4.78 is 43.7. The molecule has 0 saturated carbocycles. The molecule has 0 bridgehead atoms. The highest BCUT2D eigenvalue weighted by Gasteiger charge is 2.32. The predicted molar refractivity (Wildman–Crippen MR) is 79.7 cm³/mol. The van der Waals surface area contributed by atoms with Crippen LogP contribution in [0, 0.1) is 0 Å². The Kier molecular flexibility index (Phi) is 4.36. The molecule has 24 heavy (non-hydrogen) atoms. The average Bonchev–Trinajstić information content (AvgIpc) is 3.16. The lowest BCUT2D eigenvalue weighted by atomic mass is 9.96. The Bertz CT molecular complexity index is 739. The van der Waals surface area contributed by atoms with E-state index >= 15 is 0 Å². The van der Waals surface area contributed by atoms with Gasteiger partial charge in [0, 0.05) is 6.54 Å². The van der Waals surface area contributed by atoms with Crippen LogP contribution in [0.5, 0.6) is 0 Å². The van der Waals surface area contributed by atoms with E-state index in [4.69, 9.17) is 9.52 Å². The first kappa shape index (κ1) is 16.6. The molecule has 1 unspecified atom stereocenters. The van der Waals surface area contributed by atoms with Gasteiger partial charge in [-0.15, -0.1) is 0 Å². The first-order valence-electron chi connectivity index (χ1n) is 7.53. The van der Waals surface area contributed by atoms with Crippen LogP contribution in [-0.4, -0.2) is 29.1 Å². The zero-order valence-electron chi connectivity index (χ0n) is 12.7. The molecule has 3 rings (SSSR count). The van der Waals surface area contributed by atoms with Crippen LogP contribution in [0.2, 0.25) is 0 Å². The molecule has 0 aliphatic carbocycles. The number of furan rings is 1. The van der Waals surface area contributed by atoms with E-state index in [1.165, 1.54) is 24.5 Å². The fourth-order valence-corrected chi connectivity index (χ4v) is 3.01. The highest BCUT2D eigenvalue weighted by Crippen LogP contribution is 2.34. The lowest BCUT2D eigenvalue weighted by Crippen LogP contribution is -2.19. The average molecular weight is 339 g/mol. The third-order valence-electron chi connectivity index (χ3n) is 4.24. The number of alkyl halides is 3. The van der Waals surface area contributed by atoms with Gasteiger partial charge in [0.15, 0.2) is 0 Å². The van der Waals surface area contributed by atoms with Gasteiger partial charge in [0.1, 0.15) is 12.0 Å².